The third-order valence-electron chi connectivity index (χ3n) is 3.36. The van der Waals surface area contributed by atoms with E-state index in [-0.39, 0.29) is 23.7 Å². The van der Waals surface area contributed by atoms with Gasteiger partial charge in [0.2, 0.25) is 0 Å². The van der Waals surface area contributed by atoms with E-state index in [0.29, 0.717) is 16.5 Å². The summed E-state index contributed by atoms with van der Waals surface area (Å²) in [6, 6.07) is 9.59. The van der Waals surface area contributed by atoms with Crippen molar-refractivity contribution in [2.75, 3.05) is 17.5 Å². The molecule has 1 aliphatic rings. The van der Waals surface area contributed by atoms with Gasteiger partial charge in [-0.3, -0.25) is 14.4 Å². The van der Waals surface area contributed by atoms with Gasteiger partial charge in [-0.1, -0.05) is 17.7 Å². The van der Waals surface area contributed by atoms with Gasteiger partial charge in [0.05, 0.1) is 22.1 Å². The molecule has 0 aromatic heterocycles. The van der Waals surface area contributed by atoms with Crippen LogP contribution in [0.25, 0.3) is 0 Å². The predicted molar refractivity (Wildman–Crippen MR) is 84.6 cm³/mol. The predicted octanol–water partition coefficient (Wildman–Crippen LogP) is 2.84. The number of nitro groups is 1. The molecule has 1 heterocycles. The summed E-state index contributed by atoms with van der Waals surface area (Å²) in [7, 11) is -3.94. The second kappa shape index (κ2) is 5.71. The van der Waals surface area contributed by atoms with Gasteiger partial charge in [-0.25, -0.2) is 8.42 Å². The number of rotatable bonds is 3. The molecular formula is C14H11ClN2O5S. The average molecular weight is 355 g/mol. The van der Waals surface area contributed by atoms with Crippen LogP contribution in [0.4, 0.5) is 11.4 Å². The van der Waals surface area contributed by atoms with Crippen molar-refractivity contribution in [3.8, 4) is 5.75 Å². The van der Waals surface area contributed by atoms with Crippen LogP contribution in [0.1, 0.15) is 0 Å². The molecule has 1 aliphatic heterocycles. The first kappa shape index (κ1) is 15.6. The molecule has 0 amide bonds. The molecule has 2 aromatic carbocycles. The zero-order valence-electron chi connectivity index (χ0n) is 11.7. The normalized spacial score (nSPS) is 14.0. The van der Waals surface area contributed by atoms with Crippen LogP contribution in [0.2, 0.25) is 5.02 Å². The van der Waals surface area contributed by atoms with Gasteiger partial charge in [0.1, 0.15) is 12.4 Å². The molecule has 0 radical (unpaired) electrons. The molecule has 0 fully saturated rings. The lowest BCUT2D eigenvalue weighted by atomic mass is 10.2. The zero-order chi connectivity index (χ0) is 16.6. The van der Waals surface area contributed by atoms with E-state index in [1.54, 1.807) is 12.1 Å². The number of hydrogen-bond acceptors (Lipinski definition) is 5. The number of anilines is 1. The Labute approximate surface area is 137 Å². The zero-order valence-corrected chi connectivity index (χ0v) is 13.2. The van der Waals surface area contributed by atoms with E-state index in [4.69, 9.17) is 16.3 Å². The average Bonchev–Trinajstić information content (AvgIpc) is 2.54. The molecular weight excluding hydrogens is 344 g/mol. The Morgan fingerprint density at radius 2 is 2.00 bits per heavy atom. The number of non-ortho nitro benzene ring substituents is 1. The Bertz CT molecular complexity index is 884. The minimum atomic E-state index is -3.94. The van der Waals surface area contributed by atoms with Crippen molar-refractivity contribution >= 4 is 33.0 Å². The molecule has 0 bridgehead atoms. The number of nitrogens with zero attached hydrogens (tertiary/aromatic N) is 2. The van der Waals surface area contributed by atoms with E-state index in [0.717, 1.165) is 6.07 Å². The number of sulfonamides is 1. The third kappa shape index (κ3) is 2.82. The van der Waals surface area contributed by atoms with Crippen LogP contribution in [-0.2, 0) is 10.0 Å². The number of hydrogen-bond donors (Lipinski definition) is 0. The Hall–Kier alpha value is -2.32. The lowest BCUT2D eigenvalue weighted by Gasteiger charge is -2.30. The molecule has 120 valence electrons. The van der Waals surface area contributed by atoms with Crippen LogP contribution in [0.3, 0.4) is 0 Å². The quantitative estimate of drug-likeness (QED) is 0.624. The molecule has 23 heavy (non-hydrogen) atoms. The van der Waals surface area contributed by atoms with Gasteiger partial charge in [0.15, 0.2) is 0 Å². The highest BCUT2D eigenvalue weighted by Crippen LogP contribution is 2.37. The Kier molecular flexibility index (Phi) is 3.87. The van der Waals surface area contributed by atoms with Crippen molar-refractivity contribution in [2.24, 2.45) is 0 Å². The summed E-state index contributed by atoms with van der Waals surface area (Å²) in [6.45, 7) is 0.279. The largest absolute Gasteiger partial charge is 0.489 e. The highest BCUT2D eigenvalue weighted by Gasteiger charge is 2.31. The van der Waals surface area contributed by atoms with Crippen LogP contribution in [0, 0.1) is 10.1 Å². The summed E-state index contributed by atoms with van der Waals surface area (Å²) in [5.74, 6) is 0.359. The fraction of sp³-hybridized carbons (Fsp3) is 0.143. The molecule has 0 N–H and O–H groups in total. The number of halogens is 1. The summed E-state index contributed by atoms with van der Waals surface area (Å²) < 4.78 is 32.2. The van der Waals surface area contributed by atoms with Crippen LogP contribution in [0.15, 0.2) is 47.4 Å². The van der Waals surface area contributed by atoms with Crippen LogP contribution in [0.5, 0.6) is 5.75 Å². The van der Waals surface area contributed by atoms with Gasteiger partial charge in [-0.05, 0) is 18.2 Å². The third-order valence-corrected chi connectivity index (χ3v) is 5.40. The maximum Gasteiger partial charge on any atom is 0.270 e. The van der Waals surface area contributed by atoms with E-state index in [1.807, 2.05) is 0 Å². The fourth-order valence-corrected chi connectivity index (χ4v) is 3.96. The second-order valence-electron chi connectivity index (χ2n) is 4.79. The standard InChI is InChI=1S/C14H11ClN2O5S/c15-10-4-5-13-14(8-10)22-7-6-16(13)23(20,21)12-3-1-2-11(9-12)17(18)19/h1-5,8-9H,6-7H2. The molecule has 0 unspecified atom stereocenters. The summed E-state index contributed by atoms with van der Waals surface area (Å²) in [6.07, 6.45) is 0. The number of fused-ring (bicyclic) bond motifs is 1. The molecule has 0 saturated carbocycles. The van der Waals surface area contributed by atoms with E-state index in [9.17, 15) is 18.5 Å². The maximum atomic E-state index is 12.8. The number of nitro benzene ring substituents is 1. The first-order valence-electron chi connectivity index (χ1n) is 6.59. The summed E-state index contributed by atoms with van der Waals surface area (Å²) in [5.41, 5.74) is 0.0721. The van der Waals surface area contributed by atoms with E-state index in [2.05, 4.69) is 0 Å². The molecule has 0 atom stereocenters. The van der Waals surface area contributed by atoms with Gasteiger partial charge < -0.3 is 4.74 Å². The van der Waals surface area contributed by atoms with E-state index >= 15 is 0 Å². The first-order valence-corrected chi connectivity index (χ1v) is 8.41. The topological polar surface area (TPSA) is 89.8 Å². The summed E-state index contributed by atoms with van der Waals surface area (Å²) in [4.78, 5) is 10.1. The Morgan fingerprint density at radius 1 is 1.22 bits per heavy atom. The smallest absolute Gasteiger partial charge is 0.270 e. The van der Waals surface area contributed by atoms with Gasteiger partial charge in [0.25, 0.3) is 15.7 Å². The highest BCUT2D eigenvalue weighted by atomic mass is 35.5. The van der Waals surface area contributed by atoms with Crippen molar-refractivity contribution in [1.29, 1.82) is 0 Å². The molecule has 0 saturated heterocycles. The molecule has 0 spiro atoms. The van der Waals surface area contributed by atoms with Crippen molar-refractivity contribution < 1.29 is 18.1 Å². The van der Waals surface area contributed by atoms with Gasteiger partial charge >= 0.3 is 0 Å². The molecule has 2 aromatic rings. The Balaban J connectivity index is 2.08. The van der Waals surface area contributed by atoms with E-state index < -0.39 is 14.9 Å². The molecule has 7 nitrogen and oxygen atoms in total. The van der Waals surface area contributed by atoms with Crippen LogP contribution < -0.4 is 9.04 Å². The van der Waals surface area contributed by atoms with Gasteiger partial charge in [-0.15, -0.1) is 0 Å². The fourth-order valence-electron chi connectivity index (χ4n) is 2.30. The monoisotopic (exact) mass is 354 g/mol. The van der Waals surface area contributed by atoms with Gasteiger partial charge in [0, 0.05) is 23.2 Å². The minimum absolute atomic E-state index is 0.111. The first-order chi connectivity index (χ1) is 10.9. The van der Waals surface area contributed by atoms with E-state index in [1.165, 1.54) is 28.6 Å². The van der Waals surface area contributed by atoms with Crippen molar-refractivity contribution in [3.05, 3.63) is 57.6 Å². The van der Waals surface area contributed by atoms with Crippen LogP contribution >= 0.6 is 11.6 Å². The minimum Gasteiger partial charge on any atom is -0.489 e. The lowest BCUT2D eigenvalue weighted by Crippen LogP contribution is -2.37. The number of ether oxygens (including phenoxy) is 1. The second-order valence-corrected chi connectivity index (χ2v) is 7.09. The molecule has 3 rings (SSSR count). The van der Waals surface area contributed by atoms with Crippen molar-refractivity contribution in [2.45, 2.75) is 4.90 Å². The van der Waals surface area contributed by atoms with Crippen molar-refractivity contribution in [3.63, 3.8) is 0 Å². The lowest BCUT2D eigenvalue weighted by molar-refractivity contribution is -0.385. The van der Waals surface area contributed by atoms with Gasteiger partial charge in [-0.2, -0.15) is 0 Å². The summed E-state index contributed by atoms with van der Waals surface area (Å²) >= 11 is 5.89. The highest BCUT2D eigenvalue weighted by molar-refractivity contribution is 7.92. The maximum absolute atomic E-state index is 12.8. The SMILES string of the molecule is O=[N+]([O-])c1cccc(S(=O)(=O)N2CCOc3cc(Cl)ccc32)c1. The van der Waals surface area contributed by atoms with Crippen LogP contribution in [-0.4, -0.2) is 26.5 Å². The summed E-state index contributed by atoms with van der Waals surface area (Å²) in [5, 5.41) is 11.3. The Morgan fingerprint density at radius 3 is 2.74 bits per heavy atom. The van der Waals surface area contributed by atoms with Crippen molar-refractivity contribution in [1.82, 2.24) is 0 Å². The number of benzene rings is 2. The molecule has 0 aliphatic carbocycles. The molecule has 9 heteroatoms.